The molecule has 28 heavy (non-hydrogen) atoms. The molecule has 0 N–H and O–H groups in total. The molecule has 1 aliphatic rings. The zero-order chi connectivity index (χ0) is 19.3. The molecule has 0 fully saturated rings. The van der Waals surface area contributed by atoms with Gasteiger partial charge in [0, 0.05) is 22.6 Å². The van der Waals surface area contributed by atoms with E-state index in [0.717, 1.165) is 17.0 Å². The molecule has 0 amide bonds. The standard InChI is InChI=1S/C24H22BN2O/c1-17-15-23(26(2)16-21(17)18-9-5-4-6-10-18)25-14-13-20-19-11-7-8-12-22(19)28-24(20)27(25)3/h4-16H,1-3H3/q+1. The van der Waals surface area contributed by atoms with Crippen molar-refractivity contribution in [3.63, 3.8) is 0 Å². The number of fused-ring (bicyclic) bond motifs is 3. The Morgan fingerprint density at radius 2 is 1.75 bits per heavy atom. The predicted molar refractivity (Wildman–Crippen MR) is 117 cm³/mol. The van der Waals surface area contributed by atoms with E-state index >= 15 is 0 Å². The number of nitrogens with zero attached hydrogens (tertiary/aromatic N) is 2. The van der Waals surface area contributed by atoms with Crippen molar-refractivity contribution in [2.45, 2.75) is 6.92 Å². The summed E-state index contributed by atoms with van der Waals surface area (Å²) in [7, 11) is 4.23. The molecule has 4 aromatic rings. The Kier molecular flexibility index (Phi) is 3.87. The third-order valence-corrected chi connectivity index (χ3v) is 5.70. The van der Waals surface area contributed by atoms with Crippen LogP contribution in [0.2, 0.25) is 0 Å². The summed E-state index contributed by atoms with van der Waals surface area (Å²) in [5.74, 6) is 3.19. The Balaban J connectivity index is 1.58. The Morgan fingerprint density at radius 1 is 1.00 bits per heavy atom. The van der Waals surface area contributed by atoms with Crippen LogP contribution in [0.25, 0.3) is 28.2 Å². The van der Waals surface area contributed by atoms with Gasteiger partial charge in [-0.15, -0.1) is 0 Å². The van der Waals surface area contributed by atoms with Crippen LogP contribution in [0.4, 0.5) is 5.88 Å². The predicted octanol–water partition coefficient (Wildman–Crippen LogP) is 4.13. The van der Waals surface area contributed by atoms with Gasteiger partial charge in [-0.25, -0.2) is 4.57 Å². The van der Waals surface area contributed by atoms with Gasteiger partial charge in [-0.05, 0) is 31.2 Å². The van der Waals surface area contributed by atoms with E-state index in [1.54, 1.807) is 0 Å². The van der Waals surface area contributed by atoms with Crippen molar-refractivity contribution in [3.05, 3.63) is 84.0 Å². The number of hydrogen-bond acceptors (Lipinski definition) is 2. The lowest BCUT2D eigenvalue weighted by atomic mass is 9.55. The minimum absolute atomic E-state index is 0.126. The summed E-state index contributed by atoms with van der Waals surface area (Å²) in [4.78, 5) is 2.23. The fraction of sp³-hybridized carbons (Fsp3) is 0.125. The van der Waals surface area contributed by atoms with E-state index in [0.29, 0.717) is 0 Å². The molecule has 0 spiro atoms. The first kappa shape index (κ1) is 16.9. The van der Waals surface area contributed by atoms with Gasteiger partial charge < -0.3 is 9.23 Å². The van der Waals surface area contributed by atoms with E-state index in [9.17, 15) is 0 Å². The fourth-order valence-corrected chi connectivity index (χ4v) is 4.20. The lowest BCUT2D eigenvalue weighted by Gasteiger charge is -2.25. The minimum Gasteiger partial charge on any atom is -0.441 e. The van der Waals surface area contributed by atoms with Crippen molar-refractivity contribution < 1.29 is 8.98 Å². The first-order valence-corrected chi connectivity index (χ1v) is 9.61. The first-order valence-electron chi connectivity index (χ1n) is 9.61. The number of benzene rings is 2. The van der Waals surface area contributed by atoms with Crippen LogP contribution in [0, 0.1) is 6.92 Å². The number of furan rings is 1. The molecule has 2 aromatic carbocycles. The molecule has 0 aliphatic carbocycles. The highest BCUT2D eigenvalue weighted by atomic mass is 16.4. The smallest absolute Gasteiger partial charge is 0.398 e. The molecule has 3 nitrogen and oxygen atoms in total. The summed E-state index contributed by atoms with van der Waals surface area (Å²) >= 11 is 0. The molecule has 0 unspecified atom stereocenters. The molecule has 3 heterocycles. The van der Waals surface area contributed by atoms with E-state index in [2.05, 4.69) is 97.2 Å². The van der Waals surface area contributed by atoms with Crippen molar-refractivity contribution in [1.82, 2.24) is 0 Å². The van der Waals surface area contributed by atoms with Crippen LogP contribution in [0.15, 0.2) is 77.3 Å². The van der Waals surface area contributed by atoms with Crippen LogP contribution >= 0.6 is 0 Å². The van der Waals surface area contributed by atoms with Gasteiger partial charge in [0.05, 0.1) is 0 Å². The van der Waals surface area contributed by atoms with Gasteiger partial charge in [0.1, 0.15) is 12.6 Å². The van der Waals surface area contributed by atoms with Crippen molar-refractivity contribution >= 4 is 35.4 Å². The maximum Gasteiger partial charge on any atom is 0.398 e. The molecule has 1 aliphatic heterocycles. The number of hydrogen-bond donors (Lipinski definition) is 0. The van der Waals surface area contributed by atoms with Gasteiger partial charge in [-0.3, -0.25) is 0 Å². The highest BCUT2D eigenvalue weighted by molar-refractivity contribution is 6.80. The topological polar surface area (TPSA) is 20.3 Å². The molecule has 4 heteroatoms. The second-order valence-corrected chi connectivity index (χ2v) is 7.50. The van der Waals surface area contributed by atoms with Gasteiger partial charge >= 0.3 is 6.85 Å². The third kappa shape index (κ3) is 2.56. The lowest BCUT2D eigenvalue weighted by molar-refractivity contribution is -0.653. The summed E-state index contributed by atoms with van der Waals surface area (Å²) in [6.45, 7) is 2.31. The zero-order valence-electron chi connectivity index (χ0n) is 16.4. The van der Waals surface area contributed by atoms with E-state index in [1.807, 2.05) is 12.1 Å². The van der Waals surface area contributed by atoms with E-state index in [1.165, 1.54) is 27.7 Å². The molecule has 0 bridgehead atoms. The van der Waals surface area contributed by atoms with Crippen LogP contribution < -0.4 is 15.0 Å². The van der Waals surface area contributed by atoms with Gasteiger partial charge in [0.25, 0.3) is 0 Å². The highest BCUT2D eigenvalue weighted by Gasteiger charge is 2.35. The quantitative estimate of drug-likeness (QED) is 0.393. The molecule has 0 radical (unpaired) electrons. The second kappa shape index (κ2) is 6.41. The second-order valence-electron chi connectivity index (χ2n) is 7.50. The maximum absolute atomic E-state index is 6.18. The first-order chi connectivity index (χ1) is 13.6. The lowest BCUT2D eigenvalue weighted by Crippen LogP contribution is -2.60. The number of para-hydroxylation sites is 1. The zero-order valence-corrected chi connectivity index (χ0v) is 16.4. The summed E-state index contributed by atoms with van der Waals surface area (Å²) in [5.41, 5.74) is 7.12. The van der Waals surface area contributed by atoms with Gasteiger partial charge in [-0.2, -0.15) is 0 Å². The summed E-state index contributed by atoms with van der Waals surface area (Å²) in [6, 6.07) is 21.1. The average Bonchev–Trinajstić information content (AvgIpc) is 3.10. The average molecular weight is 365 g/mol. The SMILES string of the molecule is Cc1cc(B2C=Cc3c(oc4ccccc34)N2C)[n+](C)cc1-c1ccccc1. The normalized spacial score (nSPS) is 13.2. The Morgan fingerprint density at radius 3 is 2.57 bits per heavy atom. The number of aromatic nitrogens is 1. The van der Waals surface area contributed by atoms with E-state index < -0.39 is 0 Å². The van der Waals surface area contributed by atoms with Crippen molar-refractivity contribution in [2.75, 3.05) is 11.9 Å². The Hall–Kier alpha value is -3.27. The van der Waals surface area contributed by atoms with Crippen LogP contribution in [0.5, 0.6) is 0 Å². The molecular formula is C24H22BN2O+. The summed E-state index contributed by atoms with van der Waals surface area (Å²) < 4.78 is 8.41. The van der Waals surface area contributed by atoms with Crippen molar-refractivity contribution in [3.8, 4) is 11.1 Å². The number of anilines is 1. The van der Waals surface area contributed by atoms with Crippen molar-refractivity contribution in [1.29, 1.82) is 0 Å². The monoisotopic (exact) mass is 365 g/mol. The number of rotatable bonds is 2. The molecule has 2 aromatic heterocycles. The number of pyridine rings is 1. The van der Waals surface area contributed by atoms with E-state index in [-0.39, 0.29) is 6.85 Å². The highest BCUT2D eigenvalue weighted by Crippen LogP contribution is 2.36. The molecule has 0 atom stereocenters. The molecule has 0 saturated carbocycles. The molecule has 136 valence electrons. The fourth-order valence-electron chi connectivity index (χ4n) is 4.20. The Labute approximate surface area is 165 Å². The largest absolute Gasteiger partial charge is 0.441 e. The third-order valence-electron chi connectivity index (χ3n) is 5.70. The van der Waals surface area contributed by atoms with Crippen LogP contribution in [-0.4, -0.2) is 13.9 Å². The van der Waals surface area contributed by atoms with Gasteiger partial charge in [0.15, 0.2) is 17.7 Å². The summed E-state index contributed by atoms with van der Waals surface area (Å²) in [5, 5.41) is 1.17. The van der Waals surface area contributed by atoms with Crippen LogP contribution in [0.1, 0.15) is 11.1 Å². The van der Waals surface area contributed by atoms with Crippen LogP contribution in [-0.2, 0) is 7.05 Å². The van der Waals surface area contributed by atoms with Crippen LogP contribution in [0.3, 0.4) is 0 Å². The minimum atomic E-state index is 0.126. The Bertz CT molecular complexity index is 1210. The van der Waals surface area contributed by atoms with E-state index in [4.69, 9.17) is 4.42 Å². The van der Waals surface area contributed by atoms with Gasteiger partial charge in [-0.1, -0.05) is 60.6 Å². The maximum atomic E-state index is 6.18. The molecule has 5 rings (SSSR count). The number of aryl methyl sites for hydroxylation is 2. The van der Waals surface area contributed by atoms with Gasteiger partial charge in [0.2, 0.25) is 0 Å². The molecule has 0 saturated heterocycles. The molecular weight excluding hydrogens is 343 g/mol. The summed E-state index contributed by atoms with van der Waals surface area (Å²) in [6.07, 6.45) is 4.43. The van der Waals surface area contributed by atoms with Crippen molar-refractivity contribution in [2.24, 2.45) is 7.05 Å².